The first-order chi connectivity index (χ1) is 12.0. The fourth-order valence-corrected chi connectivity index (χ4v) is 2.78. The normalized spacial score (nSPS) is 24.8. The molecular formula is C17H20FN3O4. The standard InChI is InChI=1S/C17H20FN3O4/c18-13-8-12(9-25-16(22)11-4-2-1-3-5-11)24-10-14(13)21-7-6-15(19)20-17(21)23/h1-7,12-14,16,22H,8-10H2,(H2,19,20,23). The zero-order valence-electron chi connectivity index (χ0n) is 13.5. The van der Waals surface area contributed by atoms with Crippen molar-refractivity contribution in [2.45, 2.75) is 31.0 Å². The largest absolute Gasteiger partial charge is 0.383 e. The van der Waals surface area contributed by atoms with Crippen molar-refractivity contribution in [2.75, 3.05) is 18.9 Å². The van der Waals surface area contributed by atoms with Gasteiger partial charge in [0.05, 0.1) is 25.4 Å². The lowest BCUT2D eigenvalue weighted by atomic mass is 10.0. The number of aromatic nitrogens is 2. The second kappa shape index (κ2) is 7.73. The Morgan fingerprint density at radius 2 is 2.16 bits per heavy atom. The number of halogens is 1. The first kappa shape index (κ1) is 17.5. The zero-order chi connectivity index (χ0) is 17.8. The second-order valence-electron chi connectivity index (χ2n) is 5.91. The molecule has 8 heteroatoms. The minimum absolute atomic E-state index is 0.0160. The molecule has 25 heavy (non-hydrogen) atoms. The maximum absolute atomic E-state index is 14.5. The van der Waals surface area contributed by atoms with E-state index >= 15 is 0 Å². The fourth-order valence-electron chi connectivity index (χ4n) is 2.78. The van der Waals surface area contributed by atoms with Gasteiger partial charge in [0, 0.05) is 18.2 Å². The maximum Gasteiger partial charge on any atom is 0.349 e. The Morgan fingerprint density at radius 3 is 2.84 bits per heavy atom. The van der Waals surface area contributed by atoms with Crippen molar-refractivity contribution in [1.29, 1.82) is 0 Å². The quantitative estimate of drug-likeness (QED) is 0.787. The summed E-state index contributed by atoms with van der Waals surface area (Å²) in [5, 5.41) is 9.97. The number of nitrogens with zero attached hydrogens (tertiary/aromatic N) is 2. The molecule has 0 saturated carbocycles. The molecule has 2 aromatic rings. The average Bonchev–Trinajstić information content (AvgIpc) is 2.61. The predicted octanol–water partition coefficient (Wildman–Crippen LogP) is 1.20. The van der Waals surface area contributed by atoms with Crippen molar-refractivity contribution in [3.05, 3.63) is 58.6 Å². The van der Waals surface area contributed by atoms with E-state index in [9.17, 15) is 14.3 Å². The van der Waals surface area contributed by atoms with Gasteiger partial charge >= 0.3 is 5.69 Å². The summed E-state index contributed by atoms with van der Waals surface area (Å²) >= 11 is 0. The highest BCUT2D eigenvalue weighted by Crippen LogP contribution is 2.27. The van der Waals surface area contributed by atoms with Gasteiger partial charge in [0.2, 0.25) is 0 Å². The van der Waals surface area contributed by atoms with Gasteiger partial charge in [-0.05, 0) is 6.07 Å². The third-order valence-corrected chi connectivity index (χ3v) is 4.14. The van der Waals surface area contributed by atoms with Gasteiger partial charge in [-0.15, -0.1) is 0 Å². The molecule has 0 spiro atoms. The average molecular weight is 349 g/mol. The number of anilines is 1. The zero-order valence-corrected chi connectivity index (χ0v) is 13.5. The Hall–Kier alpha value is -2.29. The smallest absolute Gasteiger partial charge is 0.349 e. The van der Waals surface area contributed by atoms with Gasteiger partial charge < -0.3 is 20.3 Å². The summed E-state index contributed by atoms with van der Waals surface area (Å²) in [6.07, 6.45) is -1.41. The molecule has 1 aliphatic heterocycles. The number of hydrogen-bond acceptors (Lipinski definition) is 6. The molecule has 0 radical (unpaired) electrons. The lowest BCUT2D eigenvalue weighted by Crippen LogP contribution is -2.42. The van der Waals surface area contributed by atoms with Gasteiger partial charge in [0.1, 0.15) is 12.0 Å². The SMILES string of the molecule is Nc1ccn(C2COC(COC(O)c3ccccc3)CC2F)c(=O)n1. The highest BCUT2D eigenvalue weighted by Gasteiger charge is 2.33. The maximum atomic E-state index is 14.5. The summed E-state index contributed by atoms with van der Waals surface area (Å²) in [6.45, 7) is 0.0697. The molecule has 1 aliphatic rings. The van der Waals surface area contributed by atoms with Crippen LogP contribution in [0.2, 0.25) is 0 Å². The van der Waals surface area contributed by atoms with Gasteiger partial charge in [-0.2, -0.15) is 4.98 Å². The molecule has 4 atom stereocenters. The Morgan fingerprint density at radius 1 is 1.40 bits per heavy atom. The number of rotatable bonds is 5. The van der Waals surface area contributed by atoms with E-state index in [1.807, 2.05) is 6.07 Å². The lowest BCUT2D eigenvalue weighted by Gasteiger charge is -2.33. The van der Waals surface area contributed by atoms with Crippen LogP contribution in [0.5, 0.6) is 0 Å². The third-order valence-electron chi connectivity index (χ3n) is 4.14. The highest BCUT2D eigenvalue weighted by molar-refractivity contribution is 5.23. The molecule has 1 fully saturated rings. The second-order valence-corrected chi connectivity index (χ2v) is 5.91. The summed E-state index contributed by atoms with van der Waals surface area (Å²) in [5.74, 6) is 0.0922. The number of nitrogens with two attached hydrogens (primary N) is 1. The summed E-state index contributed by atoms with van der Waals surface area (Å²) in [7, 11) is 0. The summed E-state index contributed by atoms with van der Waals surface area (Å²) in [6, 6.07) is 9.58. The molecule has 3 N–H and O–H groups in total. The molecule has 2 heterocycles. The van der Waals surface area contributed by atoms with Crippen LogP contribution in [0.3, 0.4) is 0 Å². The van der Waals surface area contributed by atoms with E-state index in [2.05, 4.69) is 4.98 Å². The Kier molecular flexibility index (Phi) is 5.42. The Balaban J connectivity index is 1.56. The minimum Gasteiger partial charge on any atom is -0.383 e. The van der Waals surface area contributed by atoms with Crippen LogP contribution in [-0.4, -0.2) is 40.1 Å². The number of benzene rings is 1. The Bertz CT molecular complexity index is 755. The van der Waals surface area contributed by atoms with Gasteiger partial charge in [0.25, 0.3) is 0 Å². The first-order valence-corrected chi connectivity index (χ1v) is 7.99. The molecule has 1 saturated heterocycles. The molecule has 0 bridgehead atoms. The molecule has 0 amide bonds. The number of nitrogen functional groups attached to an aromatic ring is 1. The third kappa shape index (κ3) is 4.22. The van der Waals surface area contributed by atoms with Crippen molar-refractivity contribution >= 4 is 5.82 Å². The van der Waals surface area contributed by atoms with Crippen LogP contribution in [-0.2, 0) is 9.47 Å². The molecule has 1 aromatic carbocycles. The van der Waals surface area contributed by atoms with E-state index in [0.29, 0.717) is 5.56 Å². The molecule has 1 aromatic heterocycles. The number of aliphatic hydroxyl groups excluding tert-OH is 1. The number of aliphatic hydroxyl groups is 1. The number of hydrogen-bond donors (Lipinski definition) is 2. The topological polar surface area (TPSA) is 99.6 Å². The van der Waals surface area contributed by atoms with Crippen molar-refractivity contribution < 1.29 is 19.0 Å². The van der Waals surface area contributed by atoms with Crippen LogP contribution in [0, 0.1) is 0 Å². The van der Waals surface area contributed by atoms with Gasteiger partial charge in [0.15, 0.2) is 6.29 Å². The van der Waals surface area contributed by atoms with Crippen molar-refractivity contribution in [2.24, 2.45) is 0 Å². The summed E-state index contributed by atoms with van der Waals surface area (Å²) < 4.78 is 26.6. The van der Waals surface area contributed by atoms with E-state index in [1.165, 1.54) is 16.8 Å². The molecule has 7 nitrogen and oxygen atoms in total. The van der Waals surface area contributed by atoms with E-state index in [-0.39, 0.29) is 25.5 Å². The van der Waals surface area contributed by atoms with Crippen LogP contribution in [0.4, 0.5) is 10.2 Å². The fraction of sp³-hybridized carbons (Fsp3) is 0.412. The molecule has 134 valence electrons. The van der Waals surface area contributed by atoms with Crippen molar-refractivity contribution in [3.8, 4) is 0 Å². The van der Waals surface area contributed by atoms with E-state index in [1.54, 1.807) is 24.3 Å². The monoisotopic (exact) mass is 349 g/mol. The molecule has 4 unspecified atom stereocenters. The number of ether oxygens (including phenoxy) is 2. The lowest BCUT2D eigenvalue weighted by molar-refractivity contribution is -0.153. The van der Waals surface area contributed by atoms with Crippen molar-refractivity contribution in [1.82, 2.24) is 9.55 Å². The first-order valence-electron chi connectivity index (χ1n) is 7.99. The molecule has 0 aliphatic carbocycles. The highest BCUT2D eigenvalue weighted by atomic mass is 19.1. The van der Waals surface area contributed by atoms with E-state index in [0.717, 1.165) is 0 Å². The van der Waals surface area contributed by atoms with Crippen LogP contribution < -0.4 is 11.4 Å². The van der Waals surface area contributed by atoms with Crippen LogP contribution in [0.1, 0.15) is 24.3 Å². The predicted molar refractivity (Wildman–Crippen MR) is 88.6 cm³/mol. The van der Waals surface area contributed by atoms with E-state index in [4.69, 9.17) is 15.2 Å². The van der Waals surface area contributed by atoms with E-state index < -0.39 is 30.3 Å². The molecule has 3 rings (SSSR count). The summed E-state index contributed by atoms with van der Waals surface area (Å²) in [4.78, 5) is 15.4. The van der Waals surface area contributed by atoms with Gasteiger partial charge in [-0.3, -0.25) is 4.57 Å². The summed E-state index contributed by atoms with van der Waals surface area (Å²) in [5.41, 5.74) is 5.45. The number of alkyl halides is 1. The minimum atomic E-state index is -1.29. The van der Waals surface area contributed by atoms with Crippen LogP contribution in [0.25, 0.3) is 0 Å². The van der Waals surface area contributed by atoms with Crippen LogP contribution in [0.15, 0.2) is 47.4 Å². The van der Waals surface area contributed by atoms with Crippen molar-refractivity contribution in [3.63, 3.8) is 0 Å². The van der Waals surface area contributed by atoms with Gasteiger partial charge in [-0.1, -0.05) is 30.3 Å². The van der Waals surface area contributed by atoms with Crippen LogP contribution >= 0.6 is 0 Å². The molecular weight excluding hydrogens is 329 g/mol. The Labute approximate surface area is 143 Å². The van der Waals surface area contributed by atoms with Gasteiger partial charge in [-0.25, -0.2) is 9.18 Å².